The normalized spacial score (nSPS) is 14.0. The Morgan fingerprint density at radius 3 is 1.20 bits per heavy atom. The second-order valence-electron chi connectivity index (χ2n) is 17.1. The van der Waals surface area contributed by atoms with Gasteiger partial charge >= 0.3 is 0 Å². The molecule has 2 heterocycles. The van der Waals surface area contributed by atoms with Crippen molar-refractivity contribution in [2.75, 3.05) is 0 Å². The van der Waals surface area contributed by atoms with Gasteiger partial charge in [0.05, 0.1) is 27.5 Å². The van der Waals surface area contributed by atoms with Crippen LogP contribution in [0.2, 0.25) is 0 Å². The lowest BCUT2D eigenvalue weighted by atomic mass is 9.68. The molecule has 0 amide bonds. The third kappa shape index (κ3) is 5.84. The van der Waals surface area contributed by atoms with E-state index in [1.807, 2.05) is 0 Å². The van der Waals surface area contributed by atoms with Crippen LogP contribution in [0, 0.1) is 0 Å². The van der Waals surface area contributed by atoms with Crippen molar-refractivity contribution in [3.63, 3.8) is 0 Å². The highest BCUT2D eigenvalue weighted by Gasteiger charge is 2.46. The van der Waals surface area contributed by atoms with Crippen LogP contribution in [0.25, 0.3) is 66.1 Å². The van der Waals surface area contributed by atoms with E-state index < -0.39 is 5.41 Å². The Bertz CT molecular complexity index is 3550. The summed E-state index contributed by atoms with van der Waals surface area (Å²) in [6.07, 6.45) is 6.07. The fourth-order valence-corrected chi connectivity index (χ4v) is 10.8. The van der Waals surface area contributed by atoms with E-state index in [4.69, 9.17) is 9.47 Å². The van der Waals surface area contributed by atoms with Crippen molar-refractivity contribution >= 4 is 49.3 Å². The van der Waals surface area contributed by atoms with Gasteiger partial charge in [-0.05, 0) is 125 Å². The molecule has 0 bridgehead atoms. The summed E-state index contributed by atoms with van der Waals surface area (Å²) in [6, 6.07) is 78.1. The van der Waals surface area contributed by atoms with Gasteiger partial charge in [0.25, 0.3) is 0 Å². The van der Waals surface area contributed by atoms with Crippen molar-refractivity contribution in [2.24, 2.45) is 0 Å². The molecule has 0 unspecified atom stereocenters. The SMILES string of the molecule is C1=C(Oc2ccc(C3(c4ccc(Oc5ccc(-n6c7ccccc7c7ccccc76)cc5)cc4)c4ccccc4-c4ccccc43)cc2)CCC(n2c3ccccc3c3ccccc32)=C1. The number of aromatic nitrogens is 2. The topological polar surface area (TPSA) is 28.3 Å². The van der Waals surface area contributed by atoms with E-state index in [1.54, 1.807) is 0 Å². The van der Waals surface area contributed by atoms with E-state index in [-0.39, 0.29) is 0 Å². The molecular formula is C61H42N2O2. The summed E-state index contributed by atoms with van der Waals surface area (Å²) in [5.74, 6) is 3.37. The molecule has 11 aromatic rings. The number of allylic oxidation sites excluding steroid dienone is 4. The van der Waals surface area contributed by atoms with Gasteiger partial charge in [0.2, 0.25) is 0 Å². The number of rotatable bonds is 8. The molecule has 2 aliphatic rings. The van der Waals surface area contributed by atoms with Crippen LogP contribution in [0.5, 0.6) is 17.2 Å². The maximum absolute atomic E-state index is 6.62. The average Bonchev–Trinajstić information content (AvgIpc) is 4.00. The van der Waals surface area contributed by atoms with Crippen LogP contribution < -0.4 is 9.47 Å². The molecule has 0 aliphatic heterocycles. The highest BCUT2D eigenvalue weighted by atomic mass is 16.5. The second-order valence-corrected chi connectivity index (χ2v) is 17.1. The molecule has 0 saturated carbocycles. The molecule has 4 heteroatoms. The molecule has 9 aromatic carbocycles. The predicted molar refractivity (Wildman–Crippen MR) is 266 cm³/mol. The van der Waals surface area contributed by atoms with Crippen LogP contribution in [0.15, 0.2) is 236 Å². The second kappa shape index (κ2) is 14.9. The minimum absolute atomic E-state index is 0.543. The van der Waals surface area contributed by atoms with Crippen LogP contribution in [0.1, 0.15) is 35.1 Å². The van der Waals surface area contributed by atoms with E-state index in [1.165, 1.54) is 82.7 Å². The first kappa shape index (κ1) is 37.2. The Morgan fingerprint density at radius 1 is 0.338 bits per heavy atom. The Labute approximate surface area is 377 Å². The largest absolute Gasteiger partial charge is 0.462 e. The van der Waals surface area contributed by atoms with Gasteiger partial charge in [-0.1, -0.05) is 146 Å². The van der Waals surface area contributed by atoms with Crippen molar-refractivity contribution in [2.45, 2.75) is 18.3 Å². The quantitative estimate of drug-likeness (QED) is 0.153. The maximum atomic E-state index is 6.62. The van der Waals surface area contributed by atoms with Gasteiger partial charge in [-0.15, -0.1) is 0 Å². The predicted octanol–water partition coefficient (Wildman–Crippen LogP) is 15.6. The Balaban J connectivity index is 0.812. The van der Waals surface area contributed by atoms with E-state index >= 15 is 0 Å². The number of hydrogen-bond donors (Lipinski definition) is 0. The zero-order valence-corrected chi connectivity index (χ0v) is 35.6. The van der Waals surface area contributed by atoms with E-state index in [0.717, 1.165) is 41.5 Å². The maximum Gasteiger partial charge on any atom is 0.127 e. The Morgan fingerprint density at radius 2 is 0.738 bits per heavy atom. The van der Waals surface area contributed by atoms with Gasteiger partial charge in [-0.3, -0.25) is 0 Å². The van der Waals surface area contributed by atoms with Gasteiger partial charge in [-0.2, -0.15) is 0 Å². The molecular weight excluding hydrogens is 793 g/mol. The number of hydrogen-bond acceptors (Lipinski definition) is 2. The molecule has 2 aromatic heterocycles. The zero-order valence-electron chi connectivity index (χ0n) is 35.6. The third-order valence-electron chi connectivity index (χ3n) is 13.6. The zero-order chi connectivity index (χ0) is 42.9. The molecule has 0 spiro atoms. The van der Waals surface area contributed by atoms with Crippen LogP contribution in [-0.2, 0) is 5.41 Å². The summed E-state index contributed by atoms with van der Waals surface area (Å²) in [5.41, 5.74) is 14.1. The van der Waals surface area contributed by atoms with Crippen LogP contribution in [0.4, 0.5) is 0 Å². The van der Waals surface area contributed by atoms with Crippen molar-refractivity contribution in [3.8, 4) is 34.1 Å². The third-order valence-corrected chi connectivity index (χ3v) is 13.6. The van der Waals surface area contributed by atoms with Gasteiger partial charge in [0.15, 0.2) is 0 Å². The first-order chi connectivity index (χ1) is 32.2. The molecule has 4 nitrogen and oxygen atoms in total. The number of para-hydroxylation sites is 4. The van der Waals surface area contributed by atoms with Crippen molar-refractivity contribution in [1.82, 2.24) is 9.13 Å². The van der Waals surface area contributed by atoms with Gasteiger partial charge in [0, 0.05) is 39.4 Å². The fraction of sp³-hybridized carbons (Fsp3) is 0.0492. The molecule has 0 radical (unpaired) electrons. The standard InChI is InChI=1S/C61H42N2O2/c1-7-19-55-49(13-1)50-14-2-8-20-56(50)61(55,41-25-33-45(34-26-41)64-47-37-29-43(30-38-47)62-57-21-9-3-15-51(57)52-16-4-10-22-58(52)62)42-27-35-46(36-28-42)65-48-39-31-44(32-40-48)63-59-23-11-5-17-53(59)54-18-6-12-24-60(54)63/h1-31,33-39H,32,40H2. The molecule has 0 saturated heterocycles. The lowest BCUT2D eigenvalue weighted by Gasteiger charge is -2.34. The summed E-state index contributed by atoms with van der Waals surface area (Å²) in [7, 11) is 0. The molecule has 0 N–H and O–H groups in total. The molecule has 0 fully saturated rings. The number of benzene rings is 9. The molecule has 308 valence electrons. The van der Waals surface area contributed by atoms with Crippen molar-refractivity contribution < 1.29 is 9.47 Å². The first-order valence-electron chi connectivity index (χ1n) is 22.5. The number of ether oxygens (including phenoxy) is 2. The summed E-state index contributed by atoms with van der Waals surface area (Å²) in [5, 5.41) is 5.06. The highest BCUT2D eigenvalue weighted by molar-refractivity contribution is 6.10. The van der Waals surface area contributed by atoms with E-state index in [0.29, 0.717) is 0 Å². The van der Waals surface area contributed by atoms with Crippen molar-refractivity contribution in [3.05, 3.63) is 259 Å². The smallest absolute Gasteiger partial charge is 0.127 e. The van der Waals surface area contributed by atoms with Gasteiger partial charge in [-0.25, -0.2) is 0 Å². The van der Waals surface area contributed by atoms with Crippen molar-refractivity contribution in [1.29, 1.82) is 0 Å². The minimum atomic E-state index is -0.543. The first-order valence-corrected chi connectivity index (χ1v) is 22.5. The van der Waals surface area contributed by atoms with Gasteiger partial charge < -0.3 is 18.6 Å². The van der Waals surface area contributed by atoms with E-state index in [9.17, 15) is 0 Å². The van der Waals surface area contributed by atoms with Crippen LogP contribution in [-0.4, -0.2) is 9.13 Å². The monoisotopic (exact) mass is 834 g/mol. The van der Waals surface area contributed by atoms with Gasteiger partial charge in [0.1, 0.15) is 23.0 Å². The number of fused-ring (bicyclic) bond motifs is 9. The molecule has 0 atom stereocenters. The Kier molecular flexibility index (Phi) is 8.53. The molecule has 2 aliphatic carbocycles. The van der Waals surface area contributed by atoms with Crippen LogP contribution in [0.3, 0.4) is 0 Å². The molecule has 13 rings (SSSR count). The number of nitrogens with zero attached hydrogens (tertiary/aromatic N) is 2. The summed E-state index contributed by atoms with van der Waals surface area (Å²) in [6.45, 7) is 0. The summed E-state index contributed by atoms with van der Waals surface area (Å²) >= 11 is 0. The average molecular weight is 835 g/mol. The lowest BCUT2D eigenvalue weighted by Crippen LogP contribution is -2.28. The molecule has 65 heavy (non-hydrogen) atoms. The highest BCUT2D eigenvalue weighted by Crippen LogP contribution is 2.56. The fourth-order valence-electron chi connectivity index (χ4n) is 10.8. The minimum Gasteiger partial charge on any atom is -0.462 e. The Hall–Kier alpha value is -8.34. The van der Waals surface area contributed by atoms with Crippen LogP contribution >= 0.6 is 0 Å². The lowest BCUT2D eigenvalue weighted by molar-refractivity contribution is 0.402. The summed E-state index contributed by atoms with van der Waals surface area (Å²) in [4.78, 5) is 0. The summed E-state index contributed by atoms with van der Waals surface area (Å²) < 4.78 is 17.9. The van der Waals surface area contributed by atoms with E-state index in [2.05, 4.69) is 240 Å².